The molecular weight excluding hydrogens is 386 g/mol. The minimum atomic E-state index is -0.205. The third-order valence-corrected chi connectivity index (χ3v) is 4.93. The van der Waals surface area contributed by atoms with Crippen molar-refractivity contribution in [3.05, 3.63) is 64.9 Å². The van der Waals surface area contributed by atoms with Gasteiger partial charge in [-0.05, 0) is 58.3 Å². The highest BCUT2D eigenvalue weighted by molar-refractivity contribution is 5.94. The second kappa shape index (κ2) is 9.49. The lowest BCUT2D eigenvalue weighted by molar-refractivity contribution is 0.0938. The molecular formula is C22H27N3O5. The van der Waals surface area contributed by atoms with E-state index in [1.165, 1.54) is 0 Å². The maximum absolute atomic E-state index is 12.7. The van der Waals surface area contributed by atoms with Gasteiger partial charge in [0.15, 0.2) is 11.5 Å². The van der Waals surface area contributed by atoms with Crippen LogP contribution in [0.5, 0.6) is 11.5 Å². The summed E-state index contributed by atoms with van der Waals surface area (Å²) in [6.07, 6.45) is 1.62. The molecule has 3 rings (SSSR count). The van der Waals surface area contributed by atoms with E-state index in [0.717, 1.165) is 22.8 Å². The van der Waals surface area contributed by atoms with Crippen LogP contribution in [-0.4, -0.2) is 43.7 Å². The van der Waals surface area contributed by atoms with Crippen LogP contribution in [0.2, 0.25) is 0 Å². The highest BCUT2D eigenvalue weighted by atomic mass is 16.5. The third kappa shape index (κ3) is 4.83. The van der Waals surface area contributed by atoms with Gasteiger partial charge in [-0.25, -0.2) is 0 Å². The number of benzene rings is 1. The van der Waals surface area contributed by atoms with Crippen molar-refractivity contribution < 1.29 is 23.2 Å². The molecule has 0 spiro atoms. The fraction of sp³-hybridized carbons (Fsp3) is 0.364. The van der Waals surface area contributed by atoms with Gasteiger partial charge in [0.05, 0.1) is 30.7 Å². The molecule has 0 saturated heterocycles. The van der Waals surface area contributed by atoms with Crippen LogP contribution in [0.4, 0.5) is 0 Å². The van der Waals surface area contributed by atoms with Gasteiger partial charge in [0.1, 0.15) is 18.1 Å². The number of carbonyl (C=O) groups excluding carboxylic acids is 1. The van der Waals surface area contributed by atoms with Gasteiger partial charge < -0.3 is 23.7 Å². The van der Waals surface area contributed by atoms with Crippen molar-refractivity contribution in [3.8, 4) is 11.5 Å². The number of hydrogen-bond acceptors (Lipinski definition) is 7. The molecule has 0 saturated carbocycles. The highest BCUT2D eigenvalue weighted by Crippen LogP contribution is 2.29. The molecule has 0 fully saturated rings. The maximum atomic E-state index is 12.7. The number of hydrogen-bond donors (Lipinski definition) is 1. The summed E-state index contributed by atoms with van der Waals surface area (Å²) >= 11 is 0. The molecule has 0 aliphatic carbocycles. The summed E-state index contributed by atoms with van der Waals surface area (Å²) in [7, 11) is 5.42. The second-order valence-electron chi connectivity index (χ2n) is 7.16. The second-order valence-corrected chi connectivity index (χ2v) is 7.16. The van der Waals surface area contributed by atoms with Crippen LogP contribution < -0.4 is 14.8 Å². The highest BCUT2D eigenvalue weighted by Gasteiger charge is 2.19. The SMILES string of the molecule is COc1cc(C(=O)NCC(c2ccco2)N(C)C)ccc1OCc1c(C)noc1C. The molecule has 160 valence electrons. The molecule has 0 aliphatic rings. The molecule has 0 bridgehead atoms. The summed E-state index contributed by atoms with van der Waals surface area (Å²) in [4.78, 5) is 14.7. The van der Waals surface area contributed by atoms with E-state index in [1.54, 1.807) is 31.6 Å². The summed E-state index contributed by atoms with van der Waals surface area (Å²) in [5, 5.41) is 6.88. The molecule has 1 amide bonds. The van der Waals surface area contributed by atoms with Crippen molar-refractivity contribution in [2.45, 2.75) is 26.5 Å². The molecule has 1 unspecified atom stereocenters. The Morgan fingerprint density at radius 3 is 2.63 bits per heavy atom. The van der Waals surface area contributed by atoms with Crippen molar-refractivity contribution in [2.75, 3.05) is 27.7 Å². The fourth-order valence-corrected chi connectivity index (χ4v) is 3.10. The van der Waals surface area contributed by atoms with Crippen LogP contribution in [0.25, 0.3) is 0 Å². The number of furan rings is 1. The molecule has 0 radical (unpaired) electrons. The number of carbonyl (C=O) groups is 1. The zero-order valence-electron chi connectivity index (χ0n) is 17.9. The Balaban J connectivity index is 1.66. The summed E-state index contributed by atoms with van der Waals surface area (Å²) in [5.74, 6) is 2.32. The Bertz CT molecular complexity index is 959. The average Bonchev–Trinajstić information content (AvgIpc) is 3.36. The summed E-state index contributed by atoms with van der Waals surface area (Å²) in [6.45, 7) is 4.42. The molecule has 2 heterocycles. The van der Waals surface area contributed by atoms with Gasteiger partial charge in [-0.1, -0.05) is 5.16 Å². The van der Waals surface area contributed by atoms with E-state index in [2.05, 4.69) is 10.5 Å². The first-order chi connectivity index (χ1) is 14.4. The van der Waals surface area contributed by atoms with Crippen molar-refractivity contribution in [1.82, 2.24) is 15.4 Å². The molecule has 8 nitrogen and oxygen atoms in total. The van der Waals surface area contributed by atoms with E-state index < -0.39 is 0 Å². The van der Waals surface area contributed by atoms with Crippen LogP contribution in [0.15, 0.2) is 45.5 Å². The van der Waals surface area contributed by atoms with Gasteiger partial charge >= 0.3 is 0 Å². The zero-order chi connectivity index (χ0) is 21.7. The molecule has 3 aromatic rings. The lowest BCUT2D eigenvalue weighted by Crippen LogP contribution is -2.34. The maximum Gasteiger partial charge on any atom is 0.251 e. The van der Waals surface area contributed by atoms with Gasteiger partial charge in [0.2, 0.25) is 0 Å². The Labute approximate surface area is 175 Å². The number of amides is 1. The van der Waals surface area contributed by atoms with Crippen LogP contribution >= 0.6 is 0 Å². The Morgan fingerprint density at radius 1 is 1.23 bits per heavy atom. The van der Waals surface area contributed by atoms with Gasteiger partial charge in [-0.3, -0.25) is 9.69 Å². The molecule has 1 N–H and O–H groups in total. The average molecular weight is 413 g/mol. The predicted molar refractivity (Wildman–Crippen MR) is 111 cm³/mol. The minimum Gasteiger partial charge on any atom is -0.493 e. The topological polar surface area (TPSA) is 90.0 Å². The molecule has 1 aromatic carbocycles. The van der Waals surface area contributed by atoms with Crippen molar-refractivity contribution >= 4 is 5.91 Å². The standard InChI is InChI=1S/C22H27N3O5/c1-14-17(15(2)30-24-14)13-29-20-9-8-16(11-21(20)27-5)22(26)23-12-18(25(3)4)19-7-6-10-28-19/h6-11,18H,12-13H2,1-5H3,(H,23,26). The van der Waals surface area contributed by atoms with E-state index in [1.807, 2.05) is 45.0 Å². The molecule has 2 aromatic heterocycles. The number of ether oxygens (including phenoxy) is 2. The van der Waals surface area contributed by atoms with Crippen molar-refractivity contribution in [2.24, 2.45) is 0 Å². The largest absolute Gasteiger partial charge is 0.493 e. The lowest BCUT2D eigenvalue weighted by Gasteiger charge is -2.22. The van der Waals surface area contributed by atoms with Gasteiger partial charge in [0, 0.05) is 12.1 Å². The third-order valence-electron chi connectivity index (χ3n) is 4.93. The smallest absolute Gasteiger partial charge is 0.251 e. The lowest BCUT2D eigenvalue weighted by atomic mass is 10.1. The van der Waals surface area contributed by atoms with Crippen molar-refractivity contribution in [3.63, 3.8) is 0 Å². The van der Waals surface area contributed by atoms with E-state index >= 15 is 0 Å². The summed E-state index contributed by atoms with van der Waals surface area (Å²) < 4.78 is 21.9. The van der Waals surface area contributed by atoms with Gasteiger partial charge in [-0.15, -0.1) is 0 Å². The van der Waals surface area contributed by atoms with Gasteiger partial charge in [-0.2, -0.15) is 0 Å². The minimum absolute atomic E-state index is 0.0662. The number of rotatable bonds is 9. The predicted octanol–water partition coefficient (Wildman–Crippen LogP) is 3.50. The molecule has 0 aliphatic heterocycles. The van der Waals surface area contributed by atoms with E-state index in [4.69, 9.17) is 18.4 Å². The van der Waals surface area contributed by atoms with Gasteiger partial charge in [0.25, 0.3) is 5.91 Å². The monoisotopic (exact) mass is 413 g/mol. The first kappa shape index (κ1) is 21.4. The first-order valence-electron chi connectivity index (χ1n) is 9.61. The first-order valence-corrected chi connectivity index (χ1v) is 9.61. The Hall–Kier alpha value is -3.26. The number of nitrogens with one attached hydrogen (secondary N) is 1. The van der Waals surface area contributed by atoms with Crippen LogP contribution in [-0.2, 0) is 6.61 Å². The molecule has 30 heavy (non-hydrogen) atoms. The number of nitrogens with zero attached hydrogens (tertiary/aromatic N) is 2. The number of aromatic nitrogens is 1. The van der Waals surface area contributed by atoms with Crippen LogP contribution in [0, 0.1) is 13.8 Å². The van der Waals surface area contributed by atoms with Crippen molar-refractivity contribution in [1.29, 1.82) is 0 Å². The number of likely N-dealkylation sites (N-methyl/N-ethyl adjacent to an activating group) is 1. The molecule has 8 heteroatoms. The van der Waals surface area contributed by atoms with E-state index in [9.17, 15) is 4.79 Å². The van der Waals surface area contributed by atoms with E-state index in [-0.39, 0.29) is 11.9 Å². The normalized spacial score (nSPS) is 12.1. The quantitative estimate of drug-likeness (QED) is 0.574. The Kier molecular flexibility index (Phi) is 6.79. The summed E-state index contributed by atoms with van der Waals surface area (Å²) in [6, 6.07) is 8.75. The fourth-order valence-electron chi connectivity index (χ4n) is 3.10. The van der Waals surface area contributed by atoms with Crippen LogP contribution in [0.3, 0.4) is 0 Å². The Morgan fingerprint density at radius 2 is 2.03 bits per heavy atom. The van der Waals surface area contributed by atoms with Crippen LogP contribution in [0.1, 0.15) is 39.2 Å². The summed E-state index contributed by atoms with van der Waals surface area (Å²) in [5.41, 5.74) is 2.16. The zero-order valence-corrected chi connectivity index (χ0v) is 17.9. The number of methoxy groups -OCH3 is 1. The molecule has 1 atom stereocenters. The number of aryl methyl sites for hydroxylation is 2. The van der Waals surface area contributed by atoms with E-state index in [0.29, 0.717) is 30.2 Å².